The topological polar surface area (TPSA) is 68.8 Å². The summed E-state index contributed by atoms with van der Waals surface area (Å²) in [5.41, 5.74) is 3.13. The number of nitrogens with zero attached hydrogens (tertiary/aromatic N) is 4. The fourth-order valence-electron chi connectivity index (χ4n) is 3.74. The third-order valence-corrected chi connectivity index (χ3v) is 6.65. The number of nitrogens with one attached hydrogen (secondary N) is 1. The van der Waals surface area contributed by atoms with Crippen molar-refractivity contribution in [2.75, 3.05) is 51.1 Å². The number of amides is 2. The lowest BCUT2D eigenvalue weighted by molar-refractivity contribution is -0.133. The Morgan fingerprint density at radius 3 is 2.39 bits per heavy atom. The maximum atomic E-state index is 12.8. The second-order valence-electron chi connectivity index (χ2n) is 7.95. The number of hydrogen-bond acceptors (Lipinski definition) is 6. The Morgan fingerprint density at radius 2 is 1.77 bits per heavy atom. The summed E-state index contributed by atoms with van der Waals surface area (Å²) in [6.07, 6.45) is 0. The predicted molar refractivity (Wildman–Crippen MR) is 126 cm³/mol. The number of likely N-dealkylation sites (N-methyl/N-ethyl adjacent to an activating group) is 1. The first kappa shape index (κ1) is 23.4. The largest absolute Gasteiger partial charge is 0.342 e. The summed E-state index contributed by atoms with van der Waals surface area (Å²) in [5, 5.41) is 5.56. The van der Waals surface area contributed by atoms with E-state index in [9.17, 15) is 9.59 Å². The maximum Gasteiger partial charge on any atom is 0.243 e. The van der Waals surface area contributed by atoms with Crippen molar-refractivity contribution in [3.8, 4) is 11.3 Å². The average Bonchev–Trinajstić information content (AvgIpc) is 3.23. The number of aryl methyl sites for hydroxylation is 1. The molecule has 1 aromatic heterocycles. The summed E-state index contributed by atoms with van der Waals surface area (Å²) < 4.78 is 0. The number of hydrogen-bond donors (Lipinski definition) is 1. The molecule has 0 radical (unpaired) electrons. The van der Waals surface area contributed by atoms with Crippen LogP contribution in [-0.4, -0.2) is 83.4 Å². The van der Waals surface area contributed by atoms with Crippen LogP contribution in [0.25, 0.3) is 11.3 Å². The molecule has 1 aliphatic heterocycles. The smallest absolute Gasteiger partial charge is 0.243 e. The number of carbonyl (C=O) groups excluding carboxylic acids is 2. The van der Waals surface area contributed by atoms with Crippen LogP contribution >= 0.6 is 11.3 Å². The molecule has 0 spiro atoms. The van der Waals surface area contributed by atoms with Crippen molar-refractivity contribution < 1.29 is 9.59 Å². The molecule has 3 rings (SSSR count). The Hall–Kier alpha value is -2.29. The van der Waals surface area contributed by atoms with E-state index in [-0.39, 0.29) is 17.9 Å². The van der Waals surface area contributed by atoms with Crippen LogP contribution in [0, 0.1) is 6.92 Å². The SMILES string of the molecule is CCN(CC)C(=O)CN1CCN(C(C)C(=O)Nc2nc(-c3ccc(C)cc3)cs2)CC1. The van der Waals surface area contributed by atoms with Gasteiger partial charge in [0.25, 0.3) is 0 Å². The van der Waals surface area contributed by atoms with E-state index in [2.05, 4.69) is 39.2 Å². The number of carbonyl (C=O) groups is 2. The van der Waals surface area contributed by atoms with Crippen LogP contribution in [0.1, 0.15) is 26.3 Å². The number of anilines is 1. The quantitative estimate of drug-likeness (QED) is 0.679. The van der Waals surface area contributed by atoms with E-state index in [1.54, 1.807) is 0 Å². The number of rotatable bonds is 8. The minimum absolute atomic E-state index is 0.0440. The molecule has 1 saturated heterocycles. The summed E-state index contributed by atoms with van der Waals surface area (Å²) >= 11 is 1.44. The molecule has 8 heteroatoms. The van der Waals surface area contributed by atoms with Gasteiger partial charge in [-0.1, -0.05) is 29.8 Å². The average molecular weight is 444 g/mol. The van der Waals surface area contributed by atoms with Gasteiger partial charge in [0.15, 0.2) is 5.13 Å². The summed E-state index contributed by atoms with van der Waals surface area (Å²) in [7, 11) is 0. The molecule has 0 aliphatic carbocycles. The van der Waals surface area contributed by atoms with E-state index in [0.717, 1.165) is 50.5 Å². The van der Waals surface area contributed by atoms with Gasteiger partial charge in [0.1, 0.15) is 0 Å². The minimum atomic E-state index is -0.243. The summed E-state index contributed by atoms with van der Waals surface area (Å²) in [4.78, 5) is 35.9. The van der Waals surface area contributed by atoms with Gasteiger partial charge < -0.3 is 10.2 Å². The molecule has 1 aliphatic rings. The third kappa shape index (κ3) is 6.12. The Bertz CT molecular complexity index is 870. The lowest BCUT2D eigenvalue weighted by Crippen LogP contribution is -2.54. The van der Waals surface area contributed by atoms with Gasteiger partial charge in [-0.25, -0.2) is 4.98 Å². The zero-order chi connectivity index (χ0) is 22.4. The molecule has 2 aromatic rings. The molecule has 2 amide bonds. The van der Waals surface area contributed by atoms with E-state index < -0.39 is 0 Å². The van der Waals surface area contributed by atoms with Gasteiger partial charge in [-0.05, 0) is 27.7 Å². The molecule has 0 bridgehead atoms. The van der Waals surface area contributed by atoms with Gasteiger partial charge in [0.05, 0.1) is 18.3 Å². The molecule has 31 heavy (non-hydrogen) atoms. The summed E-state index contributed by atoms with van der Waals surface area (Å²) in [6, 6.07) is 7.97. The van der Waals surface area contributed by atoms with Gasteiger partial charge in [0, 0.05) is 50.2 Å². The summed E-state index contributed by atoms with van der Waals surface area (Å²) in [5.74, 6) is 0.134. The highest BCUT2D eigenvalue weighted by Gasteiger charge is 2.27. The normalized spacial score (nSPS) is 16.1. The van der Waals surface area contributed by atoms with Crippen LogP contribution in [0.3, 0.4) is 0 Å². The van der Waals surface area contributed by atoms with Gasteiger partial charge >= 0.3 is 0 Å². The molecule has 1 unspecified atom stereocenters. The van der Waals surface area contributed by atoms with Crippen molar-refractivity contribution in [3.05, 3.63) is 35.2 Å². The molecule has 1 atom stereocenters. The minimum Gasteiger partial charge on any atom is -0.342 e. The Morgan fingerprint density at radius 1 is 1.13 bits per heavy atom. The van der Waals surface area contributed by atoms with Crippen molar-refractivity contribution in [1.82, 2.24) is 19.7 Å². The highest BCUT2D eigenvalue weighted by atomic mass is 32.1. The van der Waals surface area contributed by atoms with Crippen molar-refractivity contribution in [2.45, 2.75) is 33.7 Å². The van der Waals surface area contributed by atoms with E-state index >= 15 is 0 Å². The first-order chi connectivity index (χ1) is 14.9. The molecular weight excluding hydrogens is 410 g/mol. The lowest BCUT2D eigenvalue weighted by atomic mass is 10.1. The Balaban J connectivity index is 1.49. The van der Waals surface area contributed by atoms with E-state index in [1.807, 2.05) is 43.2 Å². The van der Waals surface area contributed by atoms with Gasteiger partial charge in [-0.3, -0.25) is 19.4 Å². The second kappa shape index (κ2) is 10.8. The molecular formula is C23H33N5O2S. The first-order valence-corrected chi connectivity index (χ1v) is 11.9. The molecule has 1 N–H and O–H groups in total. The third-order valence-electron chi connectivity index (χ3n) is 5.89. The lowest BCUT2D eigenvalue weighted by Gasteiger charge is -2.37. The monoisotopic (exact) mass is 443 g/mol. The maximum absolute atomic E-state index is 12.8. The Labute approximate surface area is 189 Å². The number of aromatic nitrogens is 1. The molecule has 0 saturated carbocycles. The Kier molecular flexibility index (Phi) is 8.17. The molecule has 7 nitrogen and oxygen atoms in total. The number of benzene rings is 1. The van der Waals surface area contributed by atoms with Gasteiger partial charge in [0.2, 0.25) is 11.8 Å². The van der Waals surface area contributed by atoms with E-state index in [1.165, 1.54) is 16.9 Å². The molecule has 2 heterocycles. The van der Waals surface area contributed by atoms with Crippen molar-refractivity contribution in [2.24, 2.45) is 0 Å². The number of thiazole rings is 1. The first-order valence-electron chi connectivity index (χ1n) is 11.0. The van der Waals surface area contributed by atoms with Crippen LogP contribution in [0.4, 0.5) is 5.13 Å². The van der Waals surface area contributed by atoms with Gasteiger partial charge in [-0.15, -0.1) is 11.3 Å². The highest BCUT2D eigenvalue weighted by Crippen LogP contribution is 2.25. The summed E-state index contributed by atoms with van der Waals surface area (Å²) in [6.45, 7) is 13.1. The fraction of sp³-hybridized carbons (Fsp3) is 0.522. The van der Waals surface area contributed by atoms with Crippen molar-refractivity contribution in [3.63, 3.8) is 0 Å². The fourth-order valence-corrected chi connectivity index (χ4v) is 4.46. The van der Waals surface area contributed by atoms with E-state index in [0.29, 0.717) is 11.7 Å². The second-order valence-corrected chi connectivity index (χ2v) is 8.81. The molecule has 1 fully saturated rings. The van der Waals surface area contributed by atoms with Crippen LogP contribution in [0.5, 0.6) is 0 Å². The molecule has 1 aromatic carbocycles. The van der Waals surface area contributed by atoms with Crippen LogP contribution in [-0.2, 0) is 9.59 Å². The highest BCUT2D eigenvalue weighted by molar-refractivity contribution is 7.14. The number of piperazine rings is 1. The van der Waals surface area contributed by atoms with E-state index in [4.69, 9.17) is 0 Å². The predicted octanol–water partition coefficient (Wildman–Crippen LogP) is 2.93. The van der Waals surface area contributed by atoms with Crippen molar-refractivity contribution >= 4 is 28.3 Å². The zero-order valence-electron chi connectivity index (χ0n) is 18.9. The molecule has 168 valence electrons. The zero-order valence-corrected chi connectivity index (χ0v) is 19.7. The standard InChI is InChI=1S/C23H33N5O2S/c1-5-27(6-2)21(29)15-26-11-13-28(14-12-26)18(4)22(30)25-23-24-20(16-31-23)19-9-7-17(3)8-10-19/h7-10,16,18H,5-6,11-15H2,1-4H3,(H,24,25,30). The van der Waals surface area contributed by atoms with Crippen LogP contribution < -0.4 is 5.32 Å². The van der Waals surface area contributed by atoms with Gasteiger partial charge in [-0.2, -0.15) is 0 Å². The van der Waals surface area contributed by atoms with Crippen molar-refractivity contribution in [1.29, 1.82) is 0 Å². The van der Waals surface area contributed by atoms with Crippen LogP contribution in [0.15, 0.2) is 29.6 Å². The van der Waals surface area contributed by atoms with Crippen LogP contribution in [0.2, 0.25) is 0 Å².